The predicted octanol–water partition coefficient (Wildman–Crippen LogP) is 10.2. The first-order valence-corrected chi connectivity index (χ1v) is 16.3. The lowest BCUT2D eigenvalue weighted by atomic mass is 9.80. The summed E-state index contributed by atoms with van der Waals surface area (Å²) in [6.45, 7) is 4.60. The fourth-order valence-corrected chi connectivity index (χ4v) is 5.66. The van der Waals surface area contributed by atoms with E-state index in [0.29, 0.717) is 6.61 Å². The van der Waals surface area contributed by atoms with Crippen LogP contribution in [-0.4, -0.2) is 24.1 Å². The van der Waals surface area contributed by atoms with E-state index in [2.05, 4.69) is 43.3 Å². The molecule has 3 aromatic carbocycles. The fraction of sp³-hybridized carbons (Fsp3) is 0.526. The van der Waals surface area contributed by atoms with Crippen molar-refractivity contribution in [2.75, 3.05) is 6.61 Å². The number of aliphatic hydroxyl groups is 1. The van der Waals surface area contributed by atoms with Crippen LogP contribution in [-0.2, 0) is 15.1 Å². The van der Waals surface area contributed by atoms with Gasteiger partial charge < -0.3 is 14.6 Å². The number of rotatable bonds is 22. The second-order valence-electron chi connectivity index (χ2n) is 11.5. The van der Waals surface area contributed by atoms with E-state index in [1.165, 1.54) is 77.0 Å². The zero-order valence-electron chi connectivity index (χ0n) is 25.7. The van der Waals surface area contributed by atoms with Gasteiger partial charge in [0.2, 0.25) is 0 Å². The molecule has 3 rings (SSSR count). The first-order valence-electron chi connectivity index (χ1n) is 16.3. The van der Waals surface area contributed by atoms with E-state index < -0.39 is 18.0 Å². The highest BCUT2D eigenvalue weighted by Crippen LogP contribution is 2.41. The van der Waals surface area contributed by atoms with Gasteiger partial charge in [-0.2, -0.15) is 0 Å². The van der Waals surface area contributed by atoms with Gasteiger partial charge in [0.1, 0.15) is 11.7 Å². The average molecular weight is 559 g/mol. The van der Waals surface area contributed by atoms with Crippen LogP contribution in [0.25, 0.3) is 0 Å². The fourth-order valence-electron chi connectivity index (χ4n) is 5.66. The van der Waals surface area contributed by atoms with Crippen LogP contribution in [0.2, 0.25) is 0 Å². The maximum atomic E-state index is 10.8. The molecule has 0 fully saturated rings. The topological polar surface area (TPSA) is 38.7 Å². The van der Waals surface area contributed by atoms with Gasteiger partial charge in [0.05, 0.1) is 0 Å². The molecule has 0 saturated carbocycles. The van der Waals surface area contributed by atoms with Gasteiger partial charge in [0.15, 0.2) is 6.29 Å². The summed E-state index contributed by atoms with van der Waals surface area (Å²) in [6.07, 6.45) is 17.0. The minimum absolute atomic E-state index is 0.571. The van der Waals surface area contributed by atoms with Gasteiger partial charge in [-0.05, 0) is 30.0 Å². The molecule has 2 atom stereocenters. The van der Waals surface area contributed by atoms with E-state index in [-0.39, 0.29) is 0 Å². The van der Waals surface area contributed by atoms with Crippen molar-refractivity contribution >= 4 is 0 Å². The molecule has 3 heteroatoms. The van der Waals surface area contributed by atoms with Crippen molar-refractivity contribution < 1.29 is 14.6 Å². The van der Waals surface area contributed by atoms with Crippen LogP contribution in [0.5, 0.6) is 0 Å². The van der Waals surface area contributed by atoms with Crippen molar-refractivity contribution in [1.29, 1.82) is 0 Å². The maximum absolute atomic E-state index is 10.8. The molecule has 0 amide bonds. The Morgan fingerprint density at radius 1 is 0.537 bits per heavy atom. The highest BCUT2D eigenvalue weighted by Gasteiger charge is 2.41. The number of hydrogen-bond acceptors (Lipinski definition) is 3. The van der Waals surface area contributed by atoms with E-state index in [1.807, 2.05) is 54.6 Å². The lowest BCUT2D eigenvalue weighted by Gasteiger charge is -2.39. The summed E-state index contributed by atoms with van der Waals surface area (Å²) in [5.74, 6) is 0. The Labute approximate surface area is 250 Å². The van der Waals surface area contributed by atoms with Crippen LogP contribution in [0.3, 0.4) is 0 Å². The van der Waals surface area contributed by atoms with Crippen LogP contribution in [0.15, 0.2) is 91.0 Å². The Morgan fingerprint density at radius 2 is 0.878 bits per heavy atom. The molecule has 0 spiro atoms. The monoisotopic (exact) mass is 558 g/mol. The molecule has 0 aliphatic carbocycles. The molecule has 0 aromatic heterocycles. The minimum atomic E-state index is -0.916. The number of hydrogen-bond donors (Lipinski definition) is 1. The summed E-state index contributed by atoms with van der Waals surface area (Å²) in [6, 6.07) is 30.8. The van der Waals surface area contributed by atoms with E-state index in [1.54, 1.807) is 6.92 Å². The largest absolute Gasteiger partial charge is 0.388 e. The van der Waals surface area contributed by atoms with Crippen molar-refractivity contribution in [1.82, 2.24) is 0 Å². The molecule has 0 bridgehead atoms. The molecule has 1 N–H and O–H groups in total. The molecule has 2 unspecified atom stereocenters. The Morgan fingerprint density at radius 3 is 1.22 bits per heavy atom. The molecule has 0 aliphatic rings. The summed E-state index contributed by atoms with van der Waals surface area (Å²) < 4.78 is 13.2. The maximum Gasteiger partial charge on any atom is 0.185 e. The van der Waals surface area contributed by atoms with E-state index in [0.717, 1.165) is 29.5 Å². The van der Waals surface area contributed by atoms with Gasteiger partial charge in [-0.3, -0.25) is 0 Å². The third-order valence-corrected chi connectivity index (χ3v) is 8.01. The smallest absolute Gasteiger partial charge is 0.185 e. The van der Waals surface area contributed by atoms with Crippen LogP contribution in [0.4, 0.5) is 0 Å². The lowest BCUT2D eigenvalue weighted by Crippen LogP contribution is -2.42. The number of ether oxygens (including phenoxy) is 2. The summed E-state index contributed by atoms with van der Waals surface area (Å²) in [5.41, 5.74) is 2.09. The summed E-state index contributed by atoms with van der Waals surface area (Å²) >= 11 is 0. The number of aliphatic hydroxyl groups excluding tert-OH is 1. The third-order valence-electron chi connectivity index (χ3n) is 8.01. The number of benzene rings is 3. The number of unbranched alkanes of at least 4 members (excludes halogenated alkanes) is 13. The molecular formula is C38H54O3. The molecule has 0 radical (unpaired) electrons. The van der Waals surface area contributed by atoms with E-state index in [4.69, 9.17) is 9.47 Å². The van der Waals surface area contributed by atoms with Gasteiger partial charge >= 0.3 is 0 Å². The normalized spacial score (nSPS) is 13.2. The van der Waals surface area contributed by atoms with Crippen LogP contribution in [0, 0.1) is 0 Å². The van der Waals surface area contributed by atoms with Crippen LogP contribution >= 0.6 is 0 Å². The molecule has 0 heterocycles. The van der Waals surface area contributed by atoms with Gasteiger partial charge in [0.25, 0.3) is 0 Å². The first kappa shape index (κ1) is 33.0. The van der Waals surface area contributed by atoms with Crippen LogP contribution < -0.4 is 0 Å². The second-order valence-corrected chi connectivity index (χ2v) is 11.5. The van der Waals surface area contributed by atoms with E-state index >= 15 is 0 Å². The lowest BCUT2D eigenvalue weighted by molar-refractivity contribution is -0.228. The standard InChI is InChI=1S/C38H54O3/c1-3-4-5-6-7-8-9-10-11-12-13-14-15-25-32-40-37(33(2)39)41-38(34-26-19-16-20-27-34,35-28-21-17-22-29-35)36-30-23-18-24-31-36/h16-24,26-31,33,37,39H,3-15,25,32H2,1-2H3. The summed E-state index contributed by atoms with van der Waals surface area (Å²) in [5, 5.41) is 10.8. The summed E-state index contributed by atoms with van der Waals surface area (Å²) in [4.78, 5) is 0. The van der Waals surface area contributed by atoms with Crippen molar-refractivity contribution in [3.05, 3.63) is 108 Å². The van der Waals surface area contributed by atoms with Gasteiger partial charge in [0, 0.05) is 6.61 Å². The molecule has 224 valence electrons. The van der Waals surface area contributed by atoms with Crippen molar-refractivity contribution in [3.8, 4) is 0 Å². The Balaban J connectivity index is 1.51. The van der Waals surface area contributed by atoms with Gasteiger partial charge in [-0.1, -0.05) is 181 Å². The minimum Gasteiger partial charge on any atom is -0.388 e. The first-order chi connectivity index (χ1) is 20.2. The molecule has 41 heavy (non-hydrogen) atoms. The Hall–Kier alpha value is -2.46. The zero-order valence-corrected chi connectivity index (χ0v) is 25.7. The zero-order chi connectivity index (χ0) is 29.0. The average Bonchev–Trinajstić information content (AvgIpc) is 3.02. The molecule has 0 saturated heterocycles. The highest BCUT2D eigenvalue weighted by atomic mass is 16.7. The molecule has 0 aliphatic heterocycles. The second kappa shape index (κ2) is 19.6. The van der Waals surface area contributed by atoms with Crippen LogP contribution in [0.1, 0.15) is 120 Å². The highest BCUT2D eigenvalue weighted by molar-refractivity contribution is 5.47. The Kier molecular flexibility index (Phi) is 15.8. The third kappa shape index (κ3) is 11.0. The molecular weight excluding hydrogens is 504 g/mol. The van der Waals surface area contributed by atoms with Gasteiger partial charge in [-0.25, -0.2) is 0 Å². The molecule has 3 aromatic rings. The van der Waals surface area contributed by atoms with Gasteiger partial charge in [-0.15, -0.1) is 0 Å². The van der Waals surface area contributed by atoms with Crippen molar-refractivity contribution in [2.45, 2.75) is 122 Å². The van der Waals surface area contributed by atoms with E-state index in [9.17, 15) is 5.11 Å². The predicted molar refractivity (Wildman–Crippen MR) is 172 cm³/mol. The van der Waals surface area contributed by atoms with Crippen molar-refractivity contribution in [2.24, 2.45) is 0 Å². The molecule has 3 nitrogen and oxygen atoms in total. The summed E-state index contributed by atoms with van der Waals surface area (Å²) in [7, 11) is 0. The SMILES string of the molecule is CCCCCCCCCCCCCCCCOC(OC(c1ccccc1)(c1ccccc1)c1ccccc1)C(C)O. The Bertz CT molecular complexity index is 922. The van der Waals surface area contributed by atoms with Crippen molar-refractivity contribution in [3.63, 3.8) is 0 Å². The quantitative estimate of drug-likeness (QED) is 0.0757.